The molecule has 2 heterocycles. The number of hydrogen-bond donors (Lipinski definition) is 2. The first-order valence-electron chi connectivity index (χ1n) is 6.43. The minimum absolute atomic E-state index is 0.0836. The Kier molecular flexibility index (Phi) is 6.07. The van der Waals surface area contributed by atoms with Crippen molar-refractivity contribution in [2.24, 2.45) is 0 Å². The first kappa shape index (κ1) is 17.8. The van der Waals surface area contributed by atoms with E-state index in [4.69, 9.17) is 4.74 Å². The van der Waals surface area contributed by atoms with Crippen LogP contribution >= 0.6 is 23.1 Å². The summed E-state index contributed by atoms with van der Waals surface area (Å²) in [5.41, 5.74) is -0.466. The maximum atomic E-state index is 11.9. The number of amides is 2. The van der Waals surface area contributed by atoms with E-state index in [0.717, 1.165) is 0 Å². The van der Waals surface area contributed by atoms with Crippen molar-refractivity contribution in [3.8, 4) is 0 Å². The zero-order chi connectivity index (χ0) is 16.9. The van der Waals surface area contributed by atoms with Crippen LogP contribution in [0.15, 0.2) is 5.38 Å². The van der Waals surface area contributed by atoms with Gasteiger partial charge in [-0.15, -0.1) is 11.3 Å². The Labute approximate surface area is 137 Å². The van der Waals surface area contributed by atoms with E-state index in [-0.39, 0.29) is 5.69 Å². The number of ether oxygens (including phenoxy) is 1. The largest absolute Gasteiger partial charge is 0.442 e. The fourth-order valence-electron chi connectivity index (χ4n) is 1.64. The van der Waals surface area contributed by atoms with Gasteiger partial charge in [0.05, 0.1) is 19.0 Å². The summed E-state index contributed by atoms with van der Waals surface area (Å²) in [6, 6.07) is 0. The second kappa shape index (κ2) is 7.84. The summed E-state index contributed by atoms with van der Waals surface area (Å²) in [6.07, 6.45) is 0. The second-order valence-corrected chi connectivity index (χ2v) is 6.23. The number of carbonyl (C=O) groups excluding carboxylic acids is 2. The number of anilines is 1. The van der Waals surface area contributed by atoms with Crippen LogP contribution in [-0.2, 0) is 9.53 Å². The van der Waals surface area contributed by atoms with Crippen LogP contribution in [0.5, 0.6) is 0 Å². The standard InChI is InChI=1S/C11H13F3N4O3S2/c12-11(13,14)23-6-8(19)16-17-9(20)7-5-22-10(15-7)18-1-3-21-4-2-18/h5H,1-4,6H2,(H,16,19)(H,17,20). The van der Waals surface area contributed by atoms with Crippen LogP contribution in [-0.4, -0.2) is 54.4 Å². The van der Waals surface area contributed by atoms with Crippen LogP contribution in [0.1, 0.15) is 10.5 Å². The van der Waals surface area contributed by atoms with E-state index in [2.05, 4.69) is 4.98 Å². The molecule has 1 aliphatic heterocycles. The van der Waals surface area contributed by atoms with Crippen LogP contribution < -0.4 is 15.8 Å². The van der Waals surface area contributed by atoms with Gasteiger partial charge in [-0.2, -0.15) is 13.2 Å². The molecule has 1 fully saturated rings. The molecule has 0 unspecified atom stereocenters. The zero-order valence-corrected chi connectivity index (χ0v) is 13.3. The second-order valence-electron chi connectivity index (χ2n) is 4.35. The SMILES string of the molecule is O=C(CSC(F)(F)F)NNC(=O)c1csc(N2CCOCC2)n1. The molecule has 0 saturated carbocycles. The van der Waals surface area contributed by atoms with Gasteiger partial charge >= 0.3 is 5.51 Å². The lowest BCUT2D eigenvalue weighted by Gasteiger charge is -2.25. The third-order valence-corrected chi connectivity index (χ3v) is 4.32. The zero-order valence-electron chi connectivity index (χ0n) is 11.7. The maximum Gasteiger partial charge on any atom is 0.442 e. The Balaban J connectivity index is 1.79. The first-order chi connectivity index (χ1) is 10.8. The van der Waals surface area contributed by atoms with Crippen molar-refractivity contribution in [2.75, 3.05) is 37.0 Å². The fraction of sp³-hybridized carbons (Fsp3) is 0.545. The summed E-state index contributed by atoms with van der Waals surface area (Å²) in [4.78, 5) is 29.1. The van der Waals surface area contributed by atoms with Gasteiger partial charge in [-0.05, 0) is 11.8 Å². The quantitative estimate of drug-likeness (QED) is 0.770. The highest BCUT2D eigenvalue weighted by Crippen LogP contribution is 2.29. The fourth-order valence-corrected chi connectivity index (χ4v) is 2.87. The van der Waals surface area contributed by atoms with Crippen molar-refractivity contribution in [1.29, 1.82) is 0 Å². The predicted molar refractivity (Wildman–Crippen MR) is 79.3 cm³/mol. The van der Waals surface area contributed by atoms with Gasteiger partial charge in [0.15, 0.2) is 5.13 Å². The molecule has 2 amide bonds. The highest BCUT2D eigenvalue weighted by atomic mass is 32.2. The summed E-state index contributed by atoms with van der Waals surface area (Å²) < 4.78 is 41.0. The number of nitrogens with zero attached hydrogens (tertiary/aromatic N) is 2. The van der Waals surface area contributed by atoms with E-state index in [1.54, 1.807) is 0 Å². The van der Waals surface area contributed by atoms with Crippen LogP contribution in [0.2, 0.25) is 0 Å². The summed E-state index contributed by atoms with van der Waals surface area (Å²) in [6.45, 7) is 2.49. The number of carbonyl (C=O) groups is 2. The van der Waals surface area contributed by atoms with Crippen molar-refractivity contribution in [1.82, 2.24) is 15.8 Å². The Hall–Kier alpha value is -1.53. The molecule has 128 valence electrons. The molecular weight excluding hydrogens is 357 g/mol. The Bertz CT molecular complexity index is 561. The molecule has 7 nitrogen and oxygen atoms in total. The van der Waals surface area contributed by atoms with Crippen molar-refractivity contribution in [3.63, 3.8) is 0 Å². The molecule has 0 aliphatic carbocycles. The van der Waals surface area contributed by atoms with Gasteiger partial charge in [-0.1, -0.05) is 0 Å². The number of morpholine rings is 1. The molecule has 0 bridgehead atoms. The third-order valence-electron chi connectivity index (χ3n) is 2.69. The number of hydrazine groups is 1. The number of thioether (sulfide) groups is 1. The van der Waals surface area contributed by atoms with Crippen LogP contribution in [0, 0.1) is 0 Å². The molecule has 1 aliphatic rings. The molecule has 1 saturated heterocycles. The number of hydrogen-bond acceptors (Lipinski definition) is 7. The van der Waals surface area contributed by atoms with Gasteiger partial charge in [0.25, 0.3) is 5.91 Å². The molecule has 23 heavy (non-hydrogen) atoms. The lowest BCUT2D eigenvalue weighted by molar-refractivity contribution is -0.119. The van der Waals surface area contributed by atoms with Gasteiger partial charge in [-0.25, -0.2) is 4.98 Å². The van der Waals surface area contributed by atoms with Crippen molar-refractivity contribution >= 4 is 40.0 Å². The molecule has 1 aromatic rings. The van der Waals surface area contributed by atoms with E-state index in [9.17, 15) is 22.8 Å². The van der Waals surface area contributed by atoms with Crippen LogP contribution in [0.4, 0.5) is 18.3 Å². The molecule has 12 heteroatoms. The molecule has 0 aromatic carbocycles. The number of nitrogens with one attached hydrogen (secondary N) is 2. The monoisotopic (exact) mass is 370 g/mol. The van der Waals surface area contributed by atoms with E-state index < -0.39 is 34.8 Å². The maximum absolute atomic E-state index is 11.9. The van der Waals surface area contributed by atoms with Gasteiger partial charge in [0.2, 0.25) is 5.91 Å². The number of rotatable bonds is 4. The highest BCUT2D eigenvalue weighted by molar-refractivity contribution is 8.00. The normalized spacial score (nSPS) is 15.3. The molecule has 2 rings (SSSR count). The van der Waals surface area contributed by atoms with Crippen LogP contribution in [0.3, 0.4) is 0 Å². The summed E-state index contributed by atoms with van der Waals surface area (Å²) in [7, 11) is 0. The minimum atomic E-state index is -4.50. The summed E-state index contributed by atoms with van der Waals surface area (Å²) >= 11 is 0.782. The number of halogens is 3. The highest BCUT2D eigenvalue weighted by Gasteiger charge is 2.29. The molecular formula is C11H13F3N4O3S2. The Morgan fingerprint density at radius 2 is 2.04 bits per heavy atom. The number of aromatic nitrogens is 1. The topological polar surface area (TPSA) is 83.6 Å². The lowest BCUT2D eigenvalue weighted by Crippen LogP contribution is -2.43. The smallest absolute Gasteiger partial charge is 0.378 e. The Morgan fingerprint density at radius 1 is 1.35 bits per heavy atom. The van der Waals surface area contributed by atoms with E-state index in [1.807, 2.05) is 15.8 Å². The van der Waals surface area contributed by atoms with Gasteiger partial charge in [0.1, 0.15) is 5.69 Å². The molecule has 1 aromatic heterocycles. The van der Waals surface area contributed by atoms with E-state index >= 15 is 0 Å². The Morgan fingerprint density at radius 3 is 2.70 bits per heavy atom. The first-order valence-corrected chi connectivity index (χ1v) is 8.30. The molecule has 2 N–H and O–H groups in total. The average Bonchev–Trinajstić information content (AvgIpc) is 3.01. The van der Waals surface area contributed by atoms with E-state index in [1.165, 1.54) is 16.7 Å². The molecule has 0 radical (unpaired) electrons. The summed E-state index contributed by atoms with van der Waals surface area (Å²) in [5, 5.41) is 2.16. The average molecular weight is 370 g/mol. The van der Waals surface area contributed by atoms with Crippen molar-refractivity contribution < 1.29 is 27.5 Å². The van der Waals surface area contributed by atoms with E-state index in [0.29, 0.717) is 31.4 Å². The van der Waals surface area contributed by atoms with Gasteiger partial charge in [0, 0.05) is 18.5 Å². The van der Waals surface area contributed by atoms with Crippen molar-refractivity contribution in [2.45, 2.75) is 5.51 Å². The lowest BCUT2D eigenvalue weighted by atomic mass is 10.4. The number of thiazole rings is 1. The van der Waals surface area contributed by atoms with Crippen LogP contribution in [0.25, 0.3) is 0 Å². The molecule has 0 spiro atoms. The third kappa shape index (κ3) is 5.88. The van der Waals surface area contributed by atoms with Gasteiger partial charge in [-0.3, -0.25) is 20.4 Å². The predicted octanol–water partition coefficient (Wildman–Crippen LogP) is 0.994. The minimum Gasteiger partial charge on any atom is -0.378 e. The van der Waals surface area contributed by atoms with Gasteiger partial charge < -0.3 is 9.64 Å². The number of alkyl halides is 3. The molecule has 0 atom stereocenters. The summed E-state index contributed by atoms with van der Waals surface area (Å²) in [5.74, 6) is -2.48. The van der Waals surface area contributed by atoms with Crippen molar-refractivity contribution in [3.05, 3.63) is 11.1 Å².